The van der Waals surface area contributed by atoms with E-state index in [2.05, 4.69) is 9.97 Å². The average Bonchev–Trinajstić information content (AvgIpc) is 2.80. The number of nitrogens with zero attached hydrogens (tertiary/aromatic N) is 5. The summed E-state index contributed by atoms with van der Waals surface area (Å²) >= 11 is 0. The van der Waals surface area contributed by atoms with Crippen molar-refractivity contribution in [1.82, 2.24) is 19.5 Å². The predicted molar refractivity (Wildman–Crippen MR) is 132 cm³/mol. The number of hydrogen-bond donors (Lipinski definition) is 2. The summed E-state index contributed by atoms with van der Waals surface area (Å²) in [5.41, 5.74) is 9.28. The van der Waals surface area contributed by atoms with E-state index in [0.29, 0.717) is 48.6 Å². The number of likely N-dealkylation sites (N-methyl/N-ethyl adjacent to an activating group) is 1. The number of ether oxygens (including phenoxy) is 1. The molecule has 11 heteroatoms. The van der Waals surface area contributed by atoms with Gasteiger partial charge in [-0.15, -0.1) is 0 Å². The maximum Gasteiger partial charge on any atom is 0.313 e. The van der Waals surface area contributed by atoms with E-state index in [1.165, 1.54) is 9.58 Å². The Balaban J connectivity index is 1.89. The third-order valence-electron chi connectivity index (χ3n) is 5.97. The van der Waals surface area contributed by atoms with Crippen LogP contribution in [0.15, 0.2) is 28.8 Å². The summed E-state index contributed by atoms with van der Waals surface area (Å²) in [5, 5.41) is 1.31. The molecule has 4 N–H and O–H groups in total. The second-order valence-corrected chi connectivity index (χ2v) is 8.86. The molecule has 0 saturated carbocycles. The molecule has 0 aliphatic carbocycles. The van der Waals surface area contributed by atoms with Crippen molar-refractivity contribution in [3.63, 3.8) is 0 Å². The zero-order valence-electron chi connectivity index (χ0n) is 20.9. The zero-order valence-corrected chi connectivity index (χ0v) is 20.9. The highest BCUT2D eigenvalue weighted by atomic mass is 19.3. The number of pyridine rings is 1. The molecule has 3 heterocycles. The van der Waals surface area contributed by atoms with E-state index in [4.69, 9.17) is 16.3 Å². The van der Waals surface area contributed by atoms with Gasteiger partial charge in [0.2, 0.25) is 0 Å². The van der Waals surface area contributed by atoms with Gasteiger partial charge in [-0.05, 0) is 31.4 Å². The first kappa shape index (κ1) is 26.4. The standard InChI is InChI=1S/C24H35F2N7O2/c1-5-8-16-13-31(3)23(34)22(29-16)35-14-20(32(4)28)21(27)18-9-10-19(17(6-2)30-18)33-12-7-11-24(25,26)15-33/h9-10,13H,5-8,11-12,14-15,27-28H2,1-4H3/b21-20-. The smallest absolute Gasteiger partial charge is 0.313 e. The van der Waals surface area contributed by atoms with E-state index in [9.17, 15) is 13.6 Å². The highest BCUT2D eigenvalue weighted by Crippen LogP contribution is 2.32. The molecule has 0 atom stereocenters. The predicted octanol–water partition coefficient (Wildman–Crippen LogP) is 2.44. The number of hydrogen-bond acceptors (Lipinski definition) is 8. The fraction of sp³-hybridized carbons (Fsp3) is 0.542. The highest BCUT2D eigenvalue weighted by Gasteiger charge is 2.36. The molecule has 1 aliphatic rings. The summed E-state index contributed by atoms with van der Waals surface area (Å²) in [7, 11) is 3.25. The van der Waals surface area contributed by atoms with Crippen LogP contribution in [0.25, 0.3) is 5.70 Å². The maximum absolute atomic E-state index is 14.0. The molecule has 2 aromatic rings. The lowest BCUT2D eigenvalue weighted by Gasteiger charge is -2.35. The van der Waals surface area contributed by atoms with Crippen LogP contribution in [-0.4, -0.2) is 52.2 Å². The second kappa shape index (κ2) is 11.0. The summed E-state index contributed by atoms with van der Waals surface area (Å²) in [6, 6.07) is 3.47. The van der Waals surface area contributed by atoms with Gasteiger partial charge in [0.1, 0.15) is 6.61 Å². The highest BCUT2D eigenvalue weighted by molar-refractivity contribution is 5.65. The summed E-state index contributed by atoms with van der Waals surface area (Å²) in [5.74, 6) is 3.28. The second-order valence-electron chi connectivity index (χ2n) is 8.86. The molecular formula is C24H35F2N7O2. The van der Waals surface area contributed by atoms with Crippen molar-refractivity contribution in [3.8, 4) is 5.88 Å². The molecule has 1 fully saturated rings. The van der Waals surface area contributed by atoms with Crippen LogP contribution in [0.5, 0.6) is 5.88 Å². The Morgan fingerprint density at radius 3 is 2.66 bits per heavy atom. The number of aromatic nitrogens is 3. The zero-order chi connectivity index (χ0) is 25.8. The molecule has 192 valence electrons. The van der Waals surface area contributed by atoms with Crippen molar-refractivity contribution in [1.29, 1.82) is 0 Å². The third-order valence-corrected chi connectivity index (χ3v) is 5.97. The fourth-order valence-electron chi connectivity index (χ4n) is 4.13. The molecule has 2 aromatic heterocycles. The van der Waals surface area contributed by atoms with Crippen LogP contribution < -0.4 is 26.8 Å². The Bertz CT molecular complexity index is 1130. The molecular weight excluding hydrogens is 456 g/mol. The third kappa shape index (κ3) is 6.27. The van der Waals surface area contributed by atoms with E-state index in [1.54, 1.807) is 37.3 Å². The Morgan fingerprint density at radius 1 is 1.29 bits per heavy atom. The van der Waals surface area contributed by atoms with E-state index in [0.717, 1.165) is 12.1 Å². The Labute approximate surface area is 204 Å². The molecule has 0 spiro atoms. The SMILES string of the molecule is CCCc1cn(C)c(=O)c(OC/C(=C(/N)c2ccc(N3CCCC(F)(F)C3)c(CC)n2)N(C)N)n1. The lowest BCUT2D eigenvalue weighted by Crippen LogP contribution is -2.43. The van der Waals surface area contributed by atoms with Crippen LogP contribution >= 0.6 is 0 Å². The number of hydrazine groups is 1. The summed E-state index contributed by atoms with van der Waals surface area (Å²) in [6.45, 7) is 4.08. The number of alkyl halides is 2. The van der Waals surface area contributed by atoms with Crippen LogP contribution in [0.1, 0.15) is 50.2 Å². The van der Waals surface area contributed by atoms with Gasteiger partial charge in [-0.2, -0.15) is 0 Å². The van der Waals surface area contributed by atoms with Crippen LogP contribution in [0, 0.1) is 0 Å². The molecule has 0 aromatic carbocycles. The first-order valence-corrected chi connectivity index (χ1v) is 11.9. The number of aryl methyl sites for hydroxylation is 3. The van der Waals surface area contributed by atoms with E-state index >= 15 is 0 Å². The minimum atomic E-state index is -2.72. The largest absolute Gasteiger partial charge is 0.467 e. The normalized spacial score (nSPS) is 16.1. The quantitative estimate of drug-likeness (QED) is 0.406. The fourth-order valence-corrected chi connectivity index (χ4v) is 4.13. The molecule has 0 radical (unpaired) electrons. The summed E-state index contributed by atoms with van der Waals surface area (Å²) in [6.07, 6.45) is 4.15. The summed E-state index contributed by atoms with van der Waals surface area (Å²) in [4.78, 5) is 23.1. The number of anilines is 1. The van der Waals surface area contributed by atoms with Gasteiger partial charge in [-0.1, -0.05) is 20.3 Å². The molecule has 35 heavy (non-hydrogen) atoms. The van der Waals surface area contributed by atoms with Crippen molar-refractivity contribution in [2.24, 2.45) is 18.6 Å². The van der Waals surface area contributed by atoms with Crippen molar-refractivity contribution in [2.75, 3.05) is 31.6 Å². The van der Waals surface area contributed by atoms with Crippen molar-refractivity contribution < 1.29 is 13.5 Å². The average molecular weight is 492 g/mol. The maximum atomic E-state index is 14.0. The van der Waals surface area contributed by atoms with Crippen LogP contribution in [0.2, 0.25) is 0 Å². The van der Waals surface area contributed by atoms with Crippen LogP contribution in [0.4, 0.5) is 14.5 Å². The van der Waals surface area contributed by atoms with Gasteiger partial charge in [0, 0.05) is 33.3 Å². The Morgan fingerprint density at radius 2 is 2.03 bits per heavy atom. The van der Waals surface area contributed by atoms with Gasteiger partial charge in [0.25, 0.3) is 11.8 Å². The lowest BCUT2D eigenvalue weighted by atomic mass is 10.1. The first-order chi connectivity index (χ1) is 16.6. The van der Waals surface area contributed by atoms with E-state index < -0.39 is 5.92 Å². The Hall–Kier alpha value is -3.21. The molecule has 1 aliphatic heterocycles. The van der Waals surface area contributed by atoms with Gasteiger partial charge in [0.05, 0.1) is 40.7 Å². The molecule has 3 rings (SSSR count). The van der Waals surface area contributed by atoms with Gasteiger partial charge in [0.15, 0.2) is 0 Å². The molecule has 9 nitrogen and oxygen atoms in total. The topological polar surface area (TPSA) is 116 Å². The van der Waals surface area contributed by atoms with E-state index in [1.807, 2.05) is 13.8 Å². The Kier molecular flexibility index (Phi) is 8.31. The number of nitrogens with two attached hydrogens (primary N) is 2. The summed E-state index contributed by atoms with van der Waals surface area (Å²) < 4.78 is 35.1. The minimum Gasteiger partial charge on any atom is -0.467 e. The van der Waals surface area contributed by atoms with Crippen molar-refractivity contribution >= 4 is 11.4 Å². The number of rotatable bonds is 9. The number of halogens is 2. The van der Waals surface area contributed by atoms with Gasteiger partial charge in [-0.3, -0.25) is 4.79 Å². The molecule has 0 amide bonds. The monoisotopic (exact) mass is 491 g/mol. The van der Waals surface area contributed by atoms with Gasteiger partial charge >= 0.3 is 5.56 Å². The van der Waals surface area contributed by atoms with Crippen molar-refractivity contribution in [3.05, 3.63) is 51.5 Å². The molecule has 0 bridgehead atoms. The first-order valence-electron chi connectivity index (χ1n) is 11.9. The molecule has 0 unspecified atom stereocenters. The van der Waals surface area contributed by atoms with Crippen LogP contribution in [-0.2, 0) is 19.9 Å². The minimum absolute atomic E-state index is 0.0332. The van der Waals surface area contributed by atoms with Crippen molar-refractivity contribution in [2.45, 2.75) is 51.9 Å². The lowest BCUT2D eigenvalue weighted by molar-refractivity contribution is -0.0117. The van der Waals surface area contributed by atoms with Gasteiger partial charge < -0.3 is 24.9 Å². The number of piperidine rings is 1. The van der Waals surface area contributed by atoms with E-state index in [-0.39, 0.29) is 36.7 Å². The molecule has 1 saturated heterocycles. The van der Waals surface area contributed by atoms with Gasteiger partial charge in [-0.25, -0.2) is 24.6 Å². The van der Waals surface area contributed by atoms with Crippen LogP contribution in [0.3, 0.4) is 0 Å².